The molecule has 1 heterocycles. The molecule has 0 aliphatic carbocycles. The molecule has 0 saturated carbocycles. The van der Waals surface area contributed by atoms with Gasteiger partial charge < -0.3 is 0 Å². The van der Waals surface area contributed by atoms with Crippen molar-refractivity contribution in [1.82, 2.24) is 4.90 Å². The number of carbonyl (C=O) groups is 1. The van der Waals surface area contributed by atoms with Crippen LogP contribution in [0.2, 0.25) is 0 Å². The normalized spacial score (nSPS) is 15.3. The third kappa shape index (κ3) is 4.57. The Hall–Kier alpha value is -1.94. The van der Waals surface area contributed by atoms with Crippen LogP contribution in [0, 0.1) is 13.8 Å². The van der Waals surface area contributed by atoms with Crippen molar-refractivity contribution in [2.45, 2.75) is 13.8 Å². The summed E-state index contributed by atoms with van der Waals surface area (Å²) in [5.74, 6) is 0.0369. The van der Waals surface area contributed by atoms with Gasteiger partial charge >= 0.3 is 155 Å². The minimum atomic E-state index is -0.134. The second kappa shape index (κ2) is 8.43. The van der Waals surface area contributed by atoms with Gasteiger partial charge in [-0.05, 0) is 0 Å². The molecule has 3 rings (SSSR count). The number of morpholine rings is 1. The van der Waals surface area contributed by atoms with E-state index in [4.69, 9.17) is 9.73 Å². The zero-order chi connectivity index (χ0) is 17.6. The Morgan fingerprint density at radius 3 is 2.28 bits per heavy atom. The first-order valence-electron chi connectivity index (χ1n) is 8.40. The summed E-state index contributed by atoms with van der Waals surface area (Å²) in [4.78, 5) is 19.8. The molecule has 0 bridgehead atoms. The molecule has 0 unspecified atom stereocenters. The third-order valence-corrected chi connectivity index (χ3v) is 6.12. The SMILES string of the molecule is Cc1cccc(C)c1N=C([Se]c1ccccc1)C(=O)N1CCOCC1. The summed E-state index contributed by atoms with van der Waals surface area (Å²) in [5.41, 5.74) is 3.10. The van der Waals surface area contributed by atoms with Crippen LogP contribution < -0.4 is 4.46 Å². The Bertz CT molecular complexity index is 748. The zero-order valence-corrected chi connectivity index (χ0v) is 16.3. The van der Waals surface area contributed by atoms with Crippen LogP contribution in [0.25, 0.3) is 0 Å². The standard InChI is InChI=1S/C20H22N2O2Se/c1-15-7-6-8-16(2)18(15)21-19(25-17-9-4-3-5-10-17)20(23)22-11-13-24-14-12-22/h3-10H,11-14H2,1-2H3. The Kier molecular flexibility index (Phi) is 6.03. The fourth-order valence-corrected chi connectivity index (χ4v) is 4.52. The van der Waals surface area contributed by atoms with Gasteiger partial charge in [0.1, 0.15) is 0 Å². The van der Waals surface area contributed by atoms with Crippen molar-refractivity contribution in [3.05, 3.63) is 59.7 Å². The first kappa shape index (κ1) is 17.9. The predicted molar refractivity (Wildman–Crippen MR) is 102 cm³/mol. The van der Waals surface area contributed by atoms with Gasteiger partial charge in [0.25, 0.3) is 0 Å². The molecular weight excluding hydrogens is 379 g/mol. The van der Waals surface area contributed by atoms with Crippen molar-refractivity contribution in [1.29, 1.82) is 0 Å². The fraction of sp³-hybridized carbons (Fsp3) is 0.300. The van der Waals surface area contributed by atoms with Gasteiger partial charge in [-0.15, -0.1) is 0 Å². The maximum atomic E-state index is 13.1. The van der Waals surface area contributed by atoms with Crippen molar-refractivity contribution in [2.75, 3.05) is 26.3 Å². The second-order valence-corrected chi connectivity index (χ2v) is 8.21. The van der Waals surface area contributed by atoms with Crippen LogP contribution in [0.5, 0.6) is 0 Å². The number of ether oxygens (including phenoxy) is 1. The van der Waals surface area contributed by atoms with E-state index in [-0.39, 0.29) is 20.9 Å². The van der Waals surface area contributed by atoms with Crippen LogP contribution in [0.4, 0.5) is 5.69 Å². The zero-order valence-electron chi connectivity index (χ0n) is 14.6. The molecule has 0 N–H and O–H groups in total. The molecule has 1 fully saturated rings. The van der Waals surface area contributed by atoms with Crippen LogP contribution in [0.15, 0.2) is 53.5 Å². The third-order valence-electron chi connectivity index (χ3n) is 4.09. The summed E-state index contributed by atoms with van der Waals surface area (Å²) in [7, 11) is 0. The molecule has 25 heavy (non-hydrogen) atoms. The molecule has 1 saturated heterocycles. The molecule has 130 valence electrons. The molecule has 1 amide bonds. The van der Waals surface area contributed by atoms with Crippen molar-refractivity contribution in [3.63, 3.8) is 0 Å². The van der Waals surface area contributed by atoms with Crippen LogP contribution in [-0.2, 0) is 9.53 Å². The van der Waals surface area contributed by atoms with Crippen LogP contribution in [-0.4, -0.2) is 56.7 Å². The van der Waals surface area contributed by atoms with E-state index in [1.54, 1.807) is 0 Å². The molecule has 1 aliphatic heterocycles. The topological polar surface area (TPSA) is 41.9 Å². The summed E-state index contributed by atoms with van der Waals surface area (Å²) in [6.45, 7) is 6.54. The molecule has 5 heteroatoms. The summed E-state index contributed by atoms with van der Waals surface area (Å²) in [6, 6.07) is 16.2. The number of aryl methyl sites for hydroxylation is 2. The van der Waals surface area contributed by atoms with E-state index in [1.807, 2.05) is 55.1 Å². The quantitative estimate of drug-likeness (QED) is 0.583. The van der Waals surface area contributed by atoms with E-state index >= 15 is 0 Å². The number of aliphatic imine (C=N–C) groups is 1. The molecule has 2 aromatic rings. The summed E-state index contributed by atoms with van der Waals surface area (Å²) < 4.78 is 7.18. The number of hydrogen-bond acceptors (Lipinski definition) is 3. The van der Waals surface area contributed by atoms with Crippen LogP contribution in [0.3, 0.4) is 0 Å². The average Bonchev–Trinajstić information content (AvgIpc) is 2.65. The second-order valence-electron chi connectivity index (χ2n) is 5.98. The van der Waals surface area contributed by atoms with E-state index in [1.165, 1.54) is 0 Å². The fourth-order valence-electron chi connectivity index (χ4n) is 2.70. The first-order chi connectivity index (χ1) is 12.1. The Morgan fingerprint density at radius 2 is 1.64 bits per heavy atom. The number of amides is 1. The van der Waals surface area contributed by atoms with Crippen LogP contribution >= 0.6 is 0 Å². The van der Waals surface area contributed by atoms with Crippen molar-refractivity contribution in [3.8, 4) is 0 Å². The van der Waals surface area contributed by atoms with Gasteiger partial charge in [0.15, 0.2) is 0 Å². The maximum absolute atomic E-state index is 13.1. The minimum absolute atomic E-state index is 0.0369. The summed E-state index contributed by atoms with van der Waals surface area (Å²) >= 11 is -0.134. The van der Waals surface area contributed by atoms with E-state index in [0.717, 1.165) is 21.3 Å². The first-order valence-corrected chi connectivity index (χ1v) is 10.1. The Balaban J connectivity index is 1.96. The molecule has 2 aromatic carbocycles. The van der Waals surface area contributed by atoms with Gasteiger partial charge in [0, 0.05) is 0 Å². The molecule has 0 aromatic heterocycles. The van der Waals surface area contributed by atoms with Gasteiger partial charge in [-0.1, -0.05) is 0 Å². The molecular formula is C20H22N2O2Se. The summed E-state index contributed by atoms with van der Waals surface area (Å²) in [6.07, 6.45) is 0. The van der Waals surface area contributed by atoms with Gasteiger partial charge in [0.05, 0.1) is 0 Å². The van der Waals surface area contributed by atoms with E-state index in [0.29, 0.717) is 30.9 Å². The number of nitrogens with zero attached hydrogens (tertiary/aromatic N) is 2. The number of benzene rings is 2. The van der Waals surface area contributed by atoms with Gasteiger partial charge in [-0.2, -0.15) is 0 Å². The van der Waals surface area contributed by atoms with E-state index in [2.05, 4.69) is 12.1 Å². The number of rotatable bonds is 4. The van der Waals surface area contributed by atoms with Gasteiger partial charge in [-0.25, -0.2) is 0 Å². The van der Waals surface area contributed by atoms with Crippen molar-refractivity contribution >= 4 is 35.6 Å². The number of carbonyl (C=O) groups excluding carboxylic acids is 1. The predicted octanol–water partition coefficient (Wildman–Crippen LogP) is 2.22. The van der Waals surface area contributed by atoms with Gasteiger partial charge in [0.2, 0.25) is 0 Å². The molecule has 0 spiro atoms. The molecule has 0 radical (unpaired) electrons. The molecule has 4 nitrogen and oxygen atoms in total. The summed E-state index contributed by atoms with van der Waals surface area (Å²) in [5, 5.41) is 0. The Labute approximate surface area is 155 Å². The van der Waals surface area contributed by atoms with Crippen LogP contribution in [0.1, 0.15) is 11.1 Å². The Morgan fingerprint density at radius 1 is 1.00 bits per heavy atom. The monoisotopic (exact) mass is 402 g/mol. The number of para-hydroxylation sites is 1. The van der Waals surface area contributed by atoms with E-state index in [9.17, 15) is 4.79 Å². The van der Waals surface area contributed by atoms with Crippen molar-refractivity contribution < 1.29 is 9.53 Å². The van der Waals surface area contributed by atoms with E-state index < -0.39 is 0 Å². The van der Waals surface area contributed by atoms with Crippen molar-refractivity contribution in [2.24, 2.45) is 4.99 Å². The van der Waals surface area contributed by atoms with Gasteiger partial charge in [-0.3, -0.25) is 0 Å². The molecule has 1 aliphatic rings. The average molecular weight is 401 g/mol. The molecule has 0 atom stereocenters. The number of hydrogen-bond donors (Lipinski definition) is 0.